The minimum absolute atomic E-state index is 0.177. The molecule has 0 bridgehead atoms. The summed E-state index contributed by atoms with van der Waals surface area (Å²) in [5.41, 5.74) is -0.617. The van der Waals surface area contributed by atoms with Gasteiger partial charge in [-0.05, 0) is 25.0 Å². The topological polar surface area (TPSA) is 69.7 Å². The van der Waals surface area contributed by atoms with Crippen molar-refractivity contribution in [2.24, 2.45) is 0 Å². The highest BCUT2D eigenvalue weighted by molar-refractivity contribution is 6.42. The van der Waals surface area contributed by atoms with E-state index in [-0.39, 0.29) is 28.2 Å². The first-order valence-electron chi connectivity index (χ1n) is 8.30. The Labute approximate surface area is 166 Å². The molecule has 1 saturated carbocycles. The molecule has 9 heteroatoms. The molecular weight excluding hydrogens is 401 g/mol. The second-order valence-corrected chi connectivity index (χ2v) is 7.87. The highest BCUT2D eigenvalue weighted by Gasteiger charge is 2.55. The van der Waals surface area contributed by atoms with Crippen molar-refractivity contribution in [3.63, 3.8) is 0 Å². The zero-order valence-electron chi connectivity index (χ0n) is 14.2. The van der Waals surface area contributed by atoms with Gasteiger partial charge in [-0.15, -0.1) is 0 Å². The second kappa shape index (κ2) is 7.25. The van der Waals surface area contributed by atoms with Crippen molar-refractivity contribution >= 4 is 58.3 Å². The summed E-state index contributed by atoms with van der Waals surface area (Å²) in [6.07, 6.45) is 4.08. The maximum atomic E-state index is 12.9. The smallest absolute Gasteiger partial charge is 0.322 e. The number of carbonyl (C=O) groups is 3. The molecule has 1 N–H and O–H groups in total. The average molecular weight is 419 g/mol. The van der Waals surface area contributed by atoms with Gasteiger partial charge in [-0.3, -0.25) is 14.5 Å². The number of rotatable bonds is 3. The Morgan fingerprint density at radius 3 is 2.27 bits per heavy atom. The quantitative estimate of drug-likeness (QED) is 0.749. The van der Waals surface area contributed by atoms with Crippen molar-refractivity contribution in [1.29, 1.82) is 0 Å². The summed E-state index contributed by atoms with van der Waals surface area (Å²) in [7, 11) is 1.62. The normalized spacial score (nSPS) is 19.4. The zero-order valence-corrected chi connectivity index (χ0v) is 16.4. The molecule has 0 aromatic heterocycles. The number of hydrogen-bond acceptors (Lipinski definition) is 3. The number of anilines is 1. The second-order valence-electron chi connectivity index (χ2n) is 6.62. The van der Waals surface area contributed by atoms with Crippen molar-refractivity contribution in [3.8, 4) is 0 Å². The summed E-state index contributed by atoms with van der Waals surface area (Å²) in [5, 5.41) is 3.24. The Morgan fingerprint density at radius 2 is 1.69 bits per heavy atom. The van der Waals surface area contributed by atoms with Crippen LogP contribution in [0.25, 0.3) is 0 Å². The molecule has 2 fully saturated rings. The molecule has 1 aliphatic carbocycles. The van der Waals surface area contributed by atoms with Gasteiger partial charge in [0.1, 0.15) is 12.1 Å². The largest absolute Gasteiger partial charge is 0.327 e. The monoisotopic (exact) mass is 417 g/mol. The number of amides is 4. The summed E-state index contributed by atoms with van der Waals surface area (Å²) >= 11 is 18.0. The maximum absolute atomic E-state index is 12.9. The standard InChI is InChI=1S/C17H18Cl3N3O3/c1-22-16(26)23(15(25)17(22)5-3-2-4-6-17)9-13(24)21-14-11(19)7-10(18)8-12(14)20/h7-8H,2-6,9H2,1H3,(H,21,24). The number of hydrogen-bond donors (Lipinski definition) is 1. The Bertz CT molecular complexity index is 755. The van der Waals surface area contributed by atoms with Gasteiger partial charge in [-0.25, -0.2) is 4.79 Å². The molecule has 26 heavy (non-hydrogen) atoms. The highest BCUT2D eigenvalue weighted by Crippen LogP contribution is 2.39. The molecule has 4 amide bonds. The SMILES string of the molecule is CN1C(=O)N(CC(=O)Nc2c(Cl)cc(Cl)cc2Cl)C(=O)C12CCCCC2. The Morgan fingerprint density at radius 1 is 1.12 bits per heavy atom. The number of nitrogens with zero attached hydrogens (tertiary/aromatic N) is 2. The van der Waals surface area contributed by atoms with Crippen LogP contribution in [0.2, 0.25) is 15.1 Å². The van der Waals surface area contributed by atoms with Crippen LogP contribution in [0.5, 0.6) is 0 Å². The van der Waals surface area contributed by atoms with E-state index in [1.807, 2.05) is 0 Å². The number of imide groups is 1. The van der Waals surface area contributed by atoms with Crippen LogP contribution in [0.3, 0.4) is 0 Å². The summed E-state index contributed by atoms with van der Waals surface area (Å²) in [6.45, 7) is -0.390. The molecule has 0 atom stereocenters. The van der Waals surface area contributed by atoms with Gasteiger partial charge < -0.3 is 10.2 Å². The lowest BCUT2D eigenvalue weighted by Gasteiger charge is -2.35. The molecule has 0 unspecified atom stereocenters. The molecule has 1 saturated heterocycles. The van der Waals surface area contributed by atoms with Crippen LogP contribution in [-0.4, -0.2) is 46.8 Å². The van der Waals surface area contributed by atoms with Crippen LogP contribution in [-0.2, 0) is 9.59 Å². The van der Waals surface area contributed by atoms with Crippen molar-refractivity contribution in [1.82, 2.24) is 9.80 Å². The van der Waals surface area contributed by atoms with Crippen molar-refractivity contribution in [2.45, 2.75) is 37.6 Å². The molecule has 140 valence electrons. The number of nitrogens with one attached hydrogen (secondary N) is 1. The van der Waals surface area contributed by atoms with Crippen molar-refractivity contribution in [2.75, 3.05) is 18.9 Å². The van der Waals surface area contributed by atoms with E-state index in [1.54, 1.807) is 7.05 Å². The van der Waals surface area contributed by atoms with Gasteiger partial charge in [0, 0.05) is 12.1 Å². The van der Waals surface area contributed by atoms with Crippen molar-refractivity contribution < 1.29 is 14.4 Å². The van der Waals surface area contributed by atoms with Gasteiger partial charge in [0.05, 0.1) is 15.7 Å². The Kier molecular flexibility index (Phi) is 5.37. The molecule has 0 radical (unpaired) electrons. The average Bonchev–Trinajstić information content (AvgIpc) is 2.75. The van der Waals surface area contributed by atoms with Gasteiger partial charge >= 0.3 is 6.03 Å². The molecule has 1 aliphatic heterocycles. The van der Waals surface area contributed by atoms with Crippen LogP contribution < -0.4 is 5.32 Å². The van der Waals surface area contributed by atoms with Crippen LogP contribution in [0.15, 0.2) is 12.1 Å². The highest BCUT2D eigenvalue weighted by atomic mass is 35.5. The fourth-order valence-corrected chi connectivity index (χ4v) is 4.57. The fraction of sp³-hybridized carbons (Fsp3) is 0.471. The lowest BCUT2D eigenvalue weighted by atomic mass is 9.81. The third-order valence-electron chi connectivity index (χ3n) is 5.06. The van der Waals surface area contributed by atoms with Crippen molar-refractivity contribution in [3.05, 3.63) is 27.2 Å². The Hall–Kier alpha value is -1.50. The van der Waals surface area contributed by atoms with Gasteiger partial charge in [0.2, 0.25) is 5.91 Å². The maximum Gasteiger partial charge on any atom is 0.327 e. The lowest BCUT2D eigenvalue weighted by Crippen LogP contribution is -2.49. The number of urea groups is 1. The van der Waals surface area contributed by atoms with E-state index in [0.717, 1.165) is 24.2 Å². The molecule has 6 nitrogen and oxygen atoms in total. The number of likely N-dealkylation sites (N-methyl/N-ethyl adjacent to an activating group) is 1. The molecule has 1 aromatic rings. The molecule has 2 aliphatic rings. The van der Waals surface area contributed by atoms with Crippen LogP contribution in [0.4, 0.5) is 10.5 Å². The fourth-order valence-electron chi connectivity index (χ4n) is 3.66. The van der Waals surface area contributed by atoms with Crippen LogP contribution in [0, 0.1) is 0 Å². The third kappa shape index (κ3) is 3.26. The zero-order chi connectivity index (χ0) is 19.1. The lowest BCUT2D eigenvalue weighted by molar-refractivity contribution is -0.136. The Balaban J connectivity index is 1.75. The van der Waals surface area contributed by atoms with E-state index in [0.29, 0.717) is 17.9 Å². The number of benzene rings is 1. The van der Waals surface area contributed by atoms with E-state index in [9.17, 15) is 14.4 Å². The molecule has 1 heterocycles. The number of halogens is 3. The summed E-state index contributed by atoms with van der Waals surface area (Å²) in [6, 6.07) is 2.43. The summed E-state index contributed by atoms with van der Waals surface area (Å²) in [5.74, 6) is -0.868. The van der Waals surface area contributed by atoms with E-state index in [1.165, 1.54) is 17.0 Å². The molecule has 1 spiro atoms. The van der Waals surface area contributed by atoms with E-state index >= 15 is 0 Å². The first-order chi connectivity index (χ1) is 12.3. The van der Waals surface area contributed by atoms with E-state index in [2.05, 4.69) is 5.32 Å². The minimum atomic E-state index is -0.814. The summed E-state index contributed by atoms with van der Waals surface area (Å²) in [4.78, 5) is 40.3. The summed E-state index contributed by atoms with van der Waals surface area (Å²) < 4.78 is 0. The van der Waals surface area contributed by atoms with E-state index < -0.39 is 17.5 Å². The number of carbonyl (C=O) groups excluding carboxylic acids is 3. The first-order valence-corrected chi connectivity index (χ1v) is 9.44. The van der Waals surface area contributed by atoms with Gasteiger partial charge in [0.15, 0.2) is 0 Å². The van der Waals surface area contributed by atoms with Crippen LogP contribution in [0.1, 0.15) is 32.1 Å². The predicted molar refractivity (Wildman–Crippen MR) is 101 cm³/mol. The molecular formula is C17H18Cl3N3O3. The third-order valence-corrected chi connectivity index (χ3v) is 5.87. The van der Waals surface area contributed by atoms with E-state index in [4.69, 9.17) is 34.8 Å². The minimum Gasteiger partial charge on any atom is -0.322 e. The molecule has 3 rings (SSSR count). The predicted octanol–water partition coefficient (Wildman–Crippen LogP) is 4.18. The van der Waals surface area contributed by atoms with Gasteiger partial charge in [-0.2, -0.15) is 0 Å². The molecule has 1 aromatic carbocycles. The van der Waals surface area contributed by atoms with Gasteiger partial charge in [-0.1, -0.05) is 54.1 Å². The van der Waals surface area contributed by atoms with Gasteiger partial charge in [0.25, 0.3) is 5.91 Å². The van der Waals surface area contributed by atoms with Crippen LogP contribution >= 0.6 is 34.8 Å². The first kappa shape index (κ1) is 19.3.